The maximum absolute atomic E-state index is 12.4. The van der Waals surface area contributed by atoms with Crippen LogP contribution in [0.15, 0.2) is 36.7 Å². The lowest BCUT2D eigenvalue weighted by Crippen LogP contribution is -2.40. The van der Waals surface area contributed by atoms with Crippen molar-refractivity contribution in [1.82, 2.24) is 9.97 Å². The third kappa shape index (κ3) is 2.97. The maximum Gasteiger partial charge on any atom is 0.270 e. The minimum atomic E-state index is -0.704. The van der Waals surface area contributed by atoms with Crippen molar-refractivity contribution in [3.05, 3.63) is 36.7 Å². The average molecular weight is 326 g/mol. The Morgan fingerprint density at radius 1 is 1.17 bits per heavy atom. The van der Waals surface area contributed by atoms with Gasteiger partial charge in [0.15, 0.2) is 11.5 Å². The first-order valence-electron chi connectivity index (χ1n) is 8.06. The van der Waals surface area contributed by atoms with Gasteiger partial charge in [-0.15, -0.1) is 0 Å². The quantitative estimate of drug-likeness (QED) is 0.928. The fourth-order valence-electron chi connectivity index (χ4n) is 2.89. The molecule has 1 saturated heterocycles. The van der Waals surface area contributed by atoms with Crippen LogP contribution in [-0.4, -0.2) is 41.7 Å². The predicted octanol–water partition coefficient (Wildman–Crippen LogP) is 1.86. The smallest absolute Gasteiger partial charge is 0.270 e. The molecule has 0 saturated carbocycles. The fraction of sp³-hybridized carbons (Fsp3) is 0.353. The predicted molar refractivity (Wildman–Crippen MR) is 88.5 cm³/mol. The number of benzene rings is 1. The van der Waals surface area contributed by atoms with Gasteiger partial charge in [-0.3, -0.25) is 4.79 Å². The number of ether oxygens (including phenoxy) is 2. The van der Waals surface area contributed by atoms with Gasteiger partial charge >= 0.3 is 0 Å². The summed E-state index contributed by atoms with van der Waals surface area (Å²) in [5, 5.41) is 2.78. The number of amides is 1. The lowest BCUT2D eigenvalue weighted by Gasteiger charge is -2.25. The summed E-state index contributed by atoms with van der Waals surface area (Å²) in [6, 6.07) is 9.10. The van der Waals surface area contributed by atoms with Crippen LogP contribution < -0.4 is 19.7 Å². The summed E-state index contributed by atoms with van der Waals surface area (Å²) in [6.07, 6.45) is 3.10. The van der Waals surface area contributed by atoms with Crippen molar-refractivity contribution in [2.24, 2.45) is 0 Å². The van der Waals surface area contributed by atoms with Gasteiger partial charge in [-0.2, -0.15) is 0 Å². The summed E-state index contributed by atoms with van der Waals surface area (Å²) in [6.45, 7) is 2.15. The molecule has 1 aromatic heterocycles. The summed E-state index contributed by atoms with van der Waals surface area (Å²) in [5.74, 6) is 2.25. The molecule has 1 fully saturated rings. The normalized spacial score (nSPS) is 19.2. The first-order valence-corrected chi connectivity index (χ1v) is 8.06. The molecule has 1 atom stereocenters. The Bertz CT molecular complexity index is 746. The van der Waals surface area contributed by atoms with E-state index < -0.39 is 6.10 Å². The molecule has 7 nitrogen and oxygen atoms in total. The number of hydrogen-bond acceptors (Lipinski definition) is 6. The molecule has 1 N–H and O–H groups in total. The molecule has 4 rings (SSSR count). The standard InChI is InChI=1S/C17H18N4O3/c22-17(14-10-23-12-5-1-2-6-13(12)24-14)20-15-9-16(19-11-18-15)21-7-3-4-8-21/h1-2,5-6,9,11,14H,3-4,7-8,10H2,(H,18,19,20,22). The molecule has 124 valence electrons. The van der Waals surface area contributed by atoms with Crippen molar-refractivity contribution in [2.45, 2.75) is 18.9 Å². The number of carbonyl (C=O) groups is 1. The van der Waals surface area contributed by atoms with Gasteiger partial charge in [0.1, 0.15) is 24.6 Å². The van der Waals surface area contributed by atoms with E-state index in [1.54, 1.807) is 12.1 Å². The molecule has 24 heavy (non-hydrogen) atoms. The highest BCUT2D eigenvalue weighted by Gasteiger charge is 2.27. The number of carbonyl (C=O) groups excluding carboxylic acids is 1. The van der Waals surface area contributed by atoms with Gasteiger partial charge < -0.3 is 19.7 Å². The monoisotopic (exact) mass is 326 g/mol. The molecular weight excluding hydrogens is 308 g/mol. The van der Waals surface area contributed by atoms with E-state index in [9.17, 15) is 4.79 Å². The third-order valence-electron chi connectivity index (χ3n) is 4.14. The van der Waals surface area contributed by atoms with Crippen molar-refractivity contribution in [3.8, 4) is 11.5 Å². The zero-order valence-electron chi connectivity index (χ0n) is 13.1. The van der Waals surface area contributed by atoms with Crippen LogP contribution in [0.4, 0.5) is 11.6 Å². The summed E-state index contributed by atoms with van der Waals surface area (Å²) in [7, 11) is 0. The van der Waals surface area contributed by atoms with Crippen LogP contribution in [0.1, 0.15) is 12.8 Å². The zero-order valence-corrected chi connectivity index (χ0v) is 13.1. The highest BCUT2D eigenvalue weighted by molar-refractivity contribution is 5.94. The summed E-state index contributed by atoms with van der Waals surface area (Å²) < 4.78 is 11.3. The number of anilines is 2. The Morgan fingerprint density at radius 2 is 1.96 bits per heavy atom. The van der Waals surface area contributed by atoms with E-state index in [2.05, 4.69) is 20.2 Å². The molecule has 2 aliphatic rings. The second-order valence-corrected chi connectivity index (χ2v) is 5.81. The van der Waals surface area contributed by atoms with E-state index >= 15 is 0 Å². The average Bonchev–Trinajstić information content (AvgIpc) is 3.16. The Balaban J connectivity index is 1.44. The lowest BCUT2D eigenvalue weighted by molar-refractivity contribution is -0.125. The molecule has 1 amide bonds. The Morgan fingerprint density at radius 3 is 2.79 bits per heavy atom. The van der Waals surface area contributed by atoms with Crippen LogP contribution in [0.2, 0.25) is 0 Å². The van der Waals surface area contributed by atoms with Gasteiger partial charge in [-0.1, -0.05) is 12.1 Å². The first kappa shape index (κ1) is 14.7. The van der Waals surface area contributed by atoms with Gasteiger partial charge in [0.2, 0.25) is 6.10 Å². The maximum atomic E-state index is 12.4. The van der Waals surface area contributed by atoms with Crippen LogP contribution in [0.25, 0.3) is 0 Å². The number of hydrogen-bond donors (Lipinski definition) is 1. The van der Waals surface area contributed by atoms with Crippen LogP contribution in [-0.2, 0) is 4.79 Å². The van der Waals surface area contributed by atoms with E-state index in [-0.39, 0.29) is 12.5 Å². The van der Waals surface area contributed by atoms with E-state index in [1.165, 1.54) is 19.2 Å². The highest BCUT2D eigenvalue weighted by atomic mass is 16.6. The Labute approximate surface area is 139 Å². The topological polar surface area (TPSA) is 76.6 Å². The van der Waals surface area contributed by atoms with Gasteiger partial charge in [-0.25, -0.2) is 9.97 Å². The number of nitrogens with zero attached hydrogens (tertiary/aromatic N) is 3. The summed E-state index contributed by atoms with van der Waals surface area (Å²) in [4.78, 5) is 23.0. The summed E-state index contributed by atoms with van der Waals surface area (Å²) in [5.41, 5.74) is 0. The Hall–Kier alpha value is -2.83. The molecule has 1 aromatic carbocycles. The number of aromatic nitrogens is 2. The van der Waals surface area contributed by atoms with Crippen molar-refractivity contribution >= 4 is 17.5 Å². The first-order chi connectivity index (χ1) is 11.8. The number of para-hydroxylation sites is 2. The van der Waals surface area contributed by atoms with E-state index in [0.717, 1.165) is 18.9 Å². The molecular formula is C17H18N4O3. The number of fused-ring (bicyclic) bond motifs is 1. The molecule has 3 heterocycles. The number of rotatable bonds is 3. The van der Waals surface area contributed by atoms with Crippen LogP contribution in [0, 0.1) is 0 Å². The van der Waals surface area contributed by atoms with Crippen LogP contribution in [0.3, 0.4) is 0 Å². The van der Waals surface area contributed by atoms with Crippen molar-refractivity contribution in [1.29, 1.82) is 0 Å². The van der Waals surface area contributed by atoms with Gasteiger partial charge in [-0.05, 0) is 25.0 Å². The molecule has 0 bridgehead atoms. The molecule has 2 aromatic rings. The minimum absolute atomic E-state index is 0.174. The molecule has 1 unspecified atom stereocenters. The van der Waals surface area contributed by atoms with Crippen molar-refractivity contribution < 1.29 is 14.3 Å². The van der Waals surface area contributed by atoms with Crippen LogP contribution >= 0.6 is 0 Å². The molecule has 0 spiro atoms. The largest absolute Gasteiger partial charge is 0.485 e. The van der Waals surface area contributed by atoms with Crippen molar-refractivity contribution in [2.75, 3.05) is 29.9 Å². The van der Waals surface area contributed by atoms with E-state index in [0.29, 0.717) is 17.3 Å². The zero-order chi connectivity index (χ0) is 16.4. The highest BCUT2D eigenvalue weighted by Crippen LogP contribution is 2.31. The fourth-order valence-corrected chi connectivity index (χ4v) is 2.89. The Kier molecular flexibility index (Phi) is 3.90. The van der Waals surface area contributed by atoms with E-state index in [4.69, 9.17) is 9.47 Å². The molecule has 0 radical (unpaired) electrons. The third-order valence-corrected chi connectivity index (χ3v) is 4.14. The molecule has 7 heteroatoms. The second kappa shape index (κ2) is 6.35. The van der Waals surface area contributed by atoms with E-state index in [1.807, 2.05) is 18.2 Å². The van der Waals surface area contributed by atoms with Gasteiger partial charge in [0.05, 0.1) is 0 Å². The van der Waals surface area contributed by atoms with Crippen LogP contribution in [0.5, 0.6) is 11.5 Å². The molecule has 2 aliphatic heterocycles. The second-order valence-electron chi connectivity index (χ2n) is 5.81. The lowest BCUT2D eigenvalue weighted by atomic mass is 10.2. The minimum Gasteiger partial charge on any atom is -0.485 e. The summed E-state index contributed by atoms with van der Waals surface area (Å²) >= 11 is 0. The molecule has 0 aliphatic carbocycles. The van der Waals surface area contributed by atoms with Crippen molar-refractivity contribution in [3.63, 3.8) is 0 Å². The SMILES string of the molecule is O=C(Nc1cc(N2CCCC2)ncn1)C1COc2ccccc2O1. The van der Waals surface area contributed by atoms with Gasteiger partial charge in [0.25, 0.3) is 5.91 Å². The van der Waals surface area contributed by atoms with Gasteiger partial charge in [0, 0.05) is 19.2 Å². The number of nitrogens with one attached hydrogen (secondary N) is 1.